The Morgan fingerprint density at radius 1 is 1.50 bits per heavy atom. The maximum absolute atomic E-state index is 10.1. The van der Waals surface area contributed by atoms with Gasteiger partial charge in [-0.25, -0.2) is 9.79 Å². The fraction of sp³-hybridized carbons (Fsp3) is 0.417. The van der Waals surface area contributed by atoms with Crippen molar-refractivity contribution in [1.82, 2.24) is 0 Å². The van der Waals surface area contributed by atoms with Gasteiger partial charge >= 0.3 is 0 Å². The summed E-state index contributed by atoms with van der Waals surface area (Å²) < 4.78 is 5.67. The third kappa shape index (κ3) is 2.84. The van der Waals surface area contributed by atoms with Gasteiger partial charge in [0, 0.05) is 5.56 Å². The van der Waals surface area contributed by atoms with Crippen LogP contribution in [-0.2, 0) is 11.3 Å². The molecule has 3 nitrogen and oxygen atoms in total. The summed E-state index contributed by atoms with van der Waals surface area (Å²) >= 11 is 6.05. The number of carbonyl (C=O) groups excluding carboxylic acids is 1. The molecule has 1 aromatic carbocycles. The first-order valence-corrected chi connectivity index (χ1v) is 5.63. The predicted octanol–water partition coefficient (Wildman–Crippen LogP) is 2.96. The minimum absolute atomic E-state index is 0.268. The van der Waals surface area contributed by atoms with Crippen molar-refractivity contribution in [1.29, 1.82) is 0 Å². The van der Waals surface area contributed by atoms with Gasteiger partial charge in [-0.2, -0.15) is 0 Å². The van der Waals surface area contributed by atoms with Crippen LogP contribution in [0.5, 0.6) is 5.75 Å². The van der Waals surface area contributed by atoms with Crippen LogP contribution >= 0.6 is 11.6 Å². The topological polar surface area (TPSA) is 38.7 Å². The largest absolute Gasteiger partial charge is 0.491 e. The van der Waals surface area contributed by atoms with Gasteiger partial charge in [-0.3, -0.25) is 0 Å². The van der Waals surface area contributed by atoms with E-state index in [1.54, 1.807) is 6.07 Å². The number of para-hydroxylation sites is 1. The average Bonchev–Trinajstić information content (AvgIpc) is 3.09. The van der Waals surface area contributed by atoms with Crippen molar-refractivity contribution in [2.24, 2.45) is 10.9 Å². The normalized spacial score (nSPS) is 14.3. The Hall–Kier alpha value is -1.31. The molecule has 0 amide bonds. The van der Waals surface area contributed by atoms with Gasteiger partial charge in [0.25, 0.3) is 0 Å². The lowest BCUT2D eigenvalue weighted by Crippen LogP contribution is -2.02. The molecule has 1 aliphatic carbocycles. The molecule has 1 aliphatic rings. The molecule has 0 saturated heterocycles. The standard InChI is InChI=1S/C12H12ClNO2/c13-11-3-1-2-10(6-14-8-15)12(11)16-7-9-4-5-9/h1-3,9H,4-7H2. The fourth-order valence-electron chi connectivity index (χ4n) is 1.44. The van der Waals surface area contributed by atoms with E-state index >= 15 is 0 Å². The molecule has 16 heavy (non-hydrogen) atoms. The molecule has 84 valence electrons. The highest BCUT2D eigenvalue weighted by molar-refractivity contribution is 6.32. The Morgan fingerprint density at radius 3 is 3.00 bits per heavy atom. The molecule has 4 heteroatoms. The molecule has 0 aliphatic heterocycles. The highest BCUT2D eigenvalue weighted by Crippen LogP contribution is 2.33. The maximum atomic E-state index is 10.1. The summed E-state index contributed by atoms with van der Waals surface area (Å²) in [7, 11) is 0. The number of isocyanates is 1. The third-order valence-electron chi connectivity index (χ3n) is 2.52. The Kier molecular flexibility index (Phi) is 3.60. The van der Waals surface area contributed by atoms with Gasteiger partial charge in [0.2, 0.25) is 6.08 Å². The van der Waals surface area contributed by atoms with Gasteiger partial charge in [0.1, 0.15) is 5.75 Å². The molecule has 0 atom stereocenters. The highest BCUT2D eigenvalue weighted by atomic mass is 35.5. The summed E-state index contributed by atoms with van der Waals surface area (Å²) in [6.07, 6.45) is 3.97. The second-order valence-corrected chi connectivity index (χ2v) is 4.30. The van der Waals surface area contributed by atoms with Crippen LogP contribution in [0, 0.1) is 5.92 Å². The van der Waals surface area contributed by atoms with E-state index in [0.29, 0.717) is 23.3 Å². The van der Waals surface area contributed by atoms with E-state index in [4.69, 9.17) is 16.3 Å². The second kappa shape index (κ2) is 5.15. The van der Waals surface area contributed by atoms with E-state index in [9.17, 15) is 4.79 Å². The molecule has 0 radical (unpaired) electrons. The monoisotopic (exact) mass is 237 g/mol. The molecule has 0 unspecified atom stereocenters. The van der Waals surface area contributed by atoms with Crippen molar-refractivity contribution < 1.29 is 9.53 Å². The van der Waals surface area contributed by atoms with Crippen LogP contribution in [0.25, 0.3) is 0 Å². The summed E-state index contributed by atoms with van der Waals surface area (Å²) in [4.78, 5) is 13.6. The number of rotatable bonds is 5. The summed E-state index contributed by atoms with van der Waals surface area (Å²) in [5, 5.41) is 0.569. The number of hydrogen-bond donors (Lipinski definition) is 0. The van der Waals surface area contributed by atoms with E-state index in [2.05, 4.69) is 4.99 Å². The number of nitrogens with zero attached hydrogens (tertiary/aromatic N) is 1. The molecule has 0 heterocycles. The van der Waals surface area contributed by atoms with Gasteiger partial charge in [0.05, 0.1) is 18.2 Å². The lowest BCUT2D eigenvalue weighted by Gasteiger charge is -2.11. The Labute approximate surface area is 99.1 Å². The smallest absolute Gasteiger partial charge is 0.235 e. The van der Waals surface area contributed by atoms with Crippen molar-refractivity contribution in [3.63, 3.8) is 0 Å². The first-order valence-electron chi connectivity index (χ1n) is 5.25. The van der Waals surface area contributed by atoms with Crippen LogP contribution in [0.1, 0.15) is 18.4 Å². The molecule has 0 aromatic heterocycles. The molecule has 1 saturated carbocycles. The molecule has 0 spiro atoms. The zero-order valence-electron chi connectivity index (χ0n) is 8.78. The quantitative estimate of drug-likeness (QED) is 0.583. The minimum atomic E-state index is 0.268. The van der Waals surface area contributed by atoms with E-state index in [1.165, 1.54) is 18.9 Å². The lowest BCUT2D eigenvalue weighted by molar-refractivity contribution is 0.297. The van der Waals surface area contributed by atoms with Gasteiger partial charge in [-0.05, 0) is 24.8 Å². The lowest BCUT2D eigenvalue weighted by atomic mass is 10.2. The summed E-state index contributed by atoms with van der Waals surface area (Å²) in [6, 6.07) is 5.45. The van der Waals surface area contributed by atoms with E-state index in [-0.39, 0.29) is 6.54 Å². The van der Waals surface area contributed by atoms with Crippen LogP contribution in [-0.4, -0.2) is 12.7 Å². The Balaban J connectivity index is 2.13. The van der Waals surface area contributed by atoms with Gasteiger partial charge in [0.15, 0.2) is 0 Å². The van der Waals surface area contributed by atoms with Crippen molar-refractivity contribution in [3.05, 3.63) is 28.8 Å². The number of hydrogen-bond acceptors (Lipinski definition) is 3. The predicted molar refractivity (Wildman–Crippen MR) is 61.5 cm³/mol. The van der Waals surface area contributed by atoms with E-state index < -0.39 is 0 Å². The van der Waals surface area contributed by atoms with Crippen LogP contribution in [0.3, 0.4) is 0 Å². The molecule has 2 rings (SSSR count). The van der Waals surface area contributed by atoms with Crippen molar-refractivity contribution >= 4 is 17.7 Å². The number of halogens is 1. The van der Waals surface area contributed by atoms with Crippen molar-refractivity contribution in [2.45, 2.75) is 19.4 Å². The number of aliphatic imine (C=N–C) groups is 1. The van der Waals surface area contributed by atoms with Crippen molar-refractivity contribution in [3.8, 4) is 5.75 Å². The van der Waals surface area contributed by atoms with Crippen LogP contribution in [0.15, 0.2) is 23.2 Å². The zero-order chi connectivity index (χ0) is 11.4. The van der Waals surface area contributed by atoms with E-state index in [0.717, 1.165) is 5.56 Å². The SMILES string of the molecule is O=C=NCc1cccc(Cl)c1OCC1CC1. The van der Waals surface area contributed by atoms with Crippen LogP contribution in [0.4, 0.5) is 0 Å². The summed E-state index contributed by atoms with van der Waals surface area (Å²) in [6.45, 7) is 0.964. The number of ether oxygens (including phenoxy) is 1. The first-order chi connectivity index (χ1) is 7.81. The Morgan fingerprint density at radius 2 is 2.31 bits per heavy atom. The number of benzene rings is 1. The average molecular weight is 238 g/mol. The Bertz CT molecular complexity index is 423. The zero-order valence-corrected chi connectivity index (χ0v) is 9.54. The van der Waals surface area contributed by atoms with Crippen molar-refractivity contribution in [2.75, 3.05) is 6.61 Å². The summed E-state index contributed by atoms with van der Waals surface area (Å²) in [5.74, 6) is 1.31. The molecular weight excluding hydrogens is 226 g/mol. The van der Waals surface area contributed by atoms with Crippen LogP contribution < -0.4 is 4.74 Å². The van der Waals surface area contributed by atoms with Gasteiger partial charge in [-0.15, -0.1) is 0 Å². The molecule has 0 bridgehead atoms. The second-order valence-electron chi connectivity index (χ2n) is 3.89. The molecule has 1 aromatic rings. The molecule has 0 N–H and O–H groups in total. The van der Waals surface area contributed by atoms with Gasteiger partial charge in [-0.1, -0.05) is 23.7 Å². The molecular formula is C12H12ClNO2. The summed E-state index contributed by atoms with van der Waals surface area (Å²) in [5.41, 5.74) is 0.830. The van der Waals surface area contributed by atoms with E-state index in [1.807, 2.05) is 12.1 Å². The maximum Gasteiger partial charge on any atom is 0.235 e. The highest BCUT2D eigenvalue weighted by Gasteiger charge is 2.22. The fourth-order valence-corrected chi connectivity index (χ4v) is 1.69. The first kappa shape index (κ1) is 11.2. The molecule has 1 fully saturated rings. The third-order valence-corrected chi connectivity index (χ3v) is 2.82. The van der Waals surface area contributed by atoms with Gasteiger partial charge < -0.3 is 4.74 Å². The minimum Gasteiger partial charge on any atom is -0.491 e. The van der Waals surface area contributed by atoms with Crippen LogP contribution in [0.2, 0.25) is 5.02 Å².